The smallest absolute Gasteiger partial charge is 0.310 e. The van der Waals surface area contributed by atoms with Gasteiger partial charge in [0.25, 0.3) is 0 Å². The molecule has 0 saturated carbocycles. The average molecular weight is 315 g/mol. The van der Waals surface area contributed by atoms with Crippen LogP contribution in [0.3, 0.4) is 0 Å². The van der Waals surface area contributed by atoms with E-state index in [1.54, 1.807) is 6.92 Å². The molecule has 3 atom stereocenters. The molecule has 0 heterocycles. The summed E-state index contributed by atoms with van der Waals surface area (Å²) in [6, 6.07) is 0. The Morgan fingerprint density at radius 1 is 1.09 bits per heavy atom. The number of likely N-dealkylation sites (N-methyl/N-ethyl adjacent to an activating group) is 1. The van der Waals surface area contributed by atoms with Crippen molar-refractivity contribution in [3.8, 4) is 0 Å². The molecule has 132 valence electrons. The molecule has 0 radical (unpaired) electrons. The Morgan fingerprint density at radius 2 is 1.64 bits per heavy atom. The molecule has 0 saturated heterocycles. The highest BCUT2D eigenvalue weighted by Gasteiger charge is 2.45. The molecule has 4 nitrogen and oxygen atoms in total. The quantitative estimate of drug-likeness (QED) is 0.358. The first-order chi connectivity index (χ1) is 10.2. The number of rotatable bonds is 11. The molecule has 0 aliphatic heterocycles. The van der Waals surface area contributed by atoms with E-state index in [1.807, 2.05) is 39.8 Å². The van der Waals surface area contributed by atoms with Crippen molar-refractivity contribution in [2.24, 2.45) is 11.8 Å². The fourth-order valence-electron chi connectivity index (χ4n) is 3.10. The third-order valence-corrected chi connectivity index (χ3v) is 4.53. The van der Waals surface area contributed by atoms with Crippen LogP contribution in [0.5, 0.6) is 0 Å². The molecule has 4 heteroatoms. The molecule has 0 aromatic carbocycles. The molecule has 3 unspecified atom stereocenters. The van der Waals surface area contributed by atoms with E-state index in [9.17, 15) is 9.90 Å². The molecule has 0 spiro atoms. The lowest BCUT2D eigenvalue weighted by atomic mass is 9.92. The van der Waals surface area contributed by atoms with E-state index >= 15 is 0 Å². The zero-order valence-electron chi connectivity index (χ0n) is 15.7. The predicted molar refractivity (Wildman–Crippen MR) is 91.6 cm³/mol. The van der Waals surface area contributed by atoms with Crippen molar-refractivity contribution in [3.63, 3.8) is 0 Å². The summed E-state index contributed by atoms with van der Waals surface area (Å²) >= 11 is 0. The van der Waals surface area contributed by atoms with Crippen LogP contribution in [-0.4, -0.2) is 41.9 Å². The van der Waals surface area contributed by atoms with Crippen molar-refractivity contribution in [1.29, 1.82) is 0 Å². The van der Waals surface area contributed by atoms with Gasteiger partial charge < -0.3 is 9.84 Å². The van der Waals surface area contributed by atoms with Crippen LogP contribution in [0, 0.1) is 11.8 Å². The van der Waals surface area contributed by atoms with Gasteiger partial charge in [-0.3, -0.25) is 9.69 Å². The second-order valence-electron chi connectivity index (χ2n) is 7.00. The summed E-state index contributed by atoms with van der Waals surface area (Å²) < 4.78 is 5.80. The Kier molecular flexibility index (Phi) is 9.94. The van der Waals surface area contributed by atoms with Gasteiger partial charge in [-0.05, 0) is 27.4 Å². The maximum Gasteiger partial charge on any atom is 0.310 e. The number of carbonyl (C=O) groups excluding carboxylic acids is 1. The first-order valence-electron chi connectivity index (χ1n) is 8.78. The minimum atomic E-state index is -0.965. The normalized spacial score (nSPS) is 17.4. The van der Waals surface area contributed by atoms with Gasteiger partial charge >= 0.3 is 5.97 Å². The average Bonchev–Trinajstić information content (AvgIpc) is 2.42. The van der Waals surface area contributed by atoms with Crippen LogP contribution in [0.4, 0.5) is 0 Å². The summed E-state index contributed by atoms with van der Waals surface area (Å²) in [6.45, 7) is 9.74. The first kappa shape index (κ1) is 21.4. The maximum atomic E-state index is 12.4. The summed E-state index contributed by atoms with van der Waals surface area (Å²) in [4.78, 5) is 14.2. The van der Waals surface area contributed by atoms with E-state index in [1.165, 1.54) is 25.7 Å². The molecule has 22 heavy (non-hydrogen) atoms. The minimum Gasteiger partial charge on any atom is -0.440 e. The van der Waals surface area contributed by atoms with Gasteiger partial charge in [-0.15, -0.1) is 0 Å². The molecule has 0 aromatic rings. The van der Waals surface area contributed by atoms with Gasteiger partial charge in [0.2, 0.25) is 0 Å². The van der Waals surface area contributed by atoms with Gasteiger partial charge in [0.1, 0.15) is 6.10 Å². The van der Waals surface area contributed by atoms with Crippen molar-refractivity contribution in [2.45, 2.75) is 85.0 Å². The van der Waals surface area contributed by atoms with Crippen LogP contribution in [0.1, 0.15) is 73.1 Å². The summed E-state index contributed by atoms with van der Waals surface area (Å²) in [6.07, 6.45) is 6.06. The van der Waals surface area contributed by atoms with E-state index in [0.717, 1.165) is 12.8 Å². The Hall–Kier alpha value is -0.610. The Balaban J connectivity index is 4.62. The molecule has 0 aliphatic rings. The fourth-order valence-corrected chi connectivity index (χ4v) is 3.10. The summed E-state index contributed by atoms with van der Waals surface area (Å²) in [5.74, 6) is -0.333. The maximum absolute atomic E-state index is 12.4. The number of aliphatic hydroxyl groups excluding tert-OH is 1. The molecular formula is C18H37NO3. The molecule has 1 N–H and O–H groups in total. The SMILES string of the molecule is CCCCCCCC(C)C(=O)OC(C(C)C)(C(C)O)N(C)C. The van der Waals surface area contributed by atoms with Crippen molar-refractivity contribution < 1.29 is 14.6 Å². The van der Waals surface area contributed by atoms with E-state index in [-0.39, 0.29) is 17.8 Å². The summed E-state index contributed by atoms with van der Waals surface area (Å²) in [5, 5.41) is 10.2. The lowest BCUT2D eigenvalue weighted by Gasteiger charge is -2.44. The topological polar surface area (TPSA) is 49.8 Å². The molecule has 0 amide bonds. The predicted octanol–water partition coefficient (Wildman–Crippen LogP) is 3.82. The molecule has 0 rings (SSSR count). The fraction of sp³-hybridized carbons (Fsp3) is 0.944. The van der Waals surface area contributed by atoms with Crippen LogP contribution >= 0.6 is 0 Å². The molecule has 0 aliphatic carbocycles. The van der Waals surface area contributed by atoms with Gasteiger partial charge in [0, 0.05) is 5.92 Å². The number of nitrogens with zero attached hydrogens (tertiary/aromatic N) is 1. The van der Waals surface area contributed by atoms with Gasteiger partial charge in [0.05, 0.1) is 5.92 Å². The number of hydrogen-bond donors (Lipinski definition) is 1. The van der Waals surface area contributed by atoms with Crippen LogP contribution in [-0.2, 0) is 9.53 Å². The lowest BCUT2D eigenvalue weighted by molar-refractivity contribution is -0.224. The largest absolute Gasteiger partial charge is 0.440 e. The number of hydrogen-bond acceptors (Lipinski definition) is 4. The third-order valence-electron chi connectivity index (χ3n) is 4.53. The van der Waals surface area contributed by atoms with Gasteiger partial charge in [-0.2, -0.15) is 0 Å². The zero-order chi connectivity index (χ0) is 17.3. The monoisotopic (exact) mass is 315 g/mol. The van der Waals surface area contributed by atoms with E-state index in [0.29, 0.717) is 0 Å². The van der Waals surface area contributed by atoms with Gasteiger partial charge in [-0.25, -0.2) is 0 Å². The Labute approximate surface area is 137 Å². The third kappa shape index (κ3) is 5.88. The van der Waals surface area contributed by atoms with Crippen molar-refractivity contribution in [3.05, 3.63) is 0 Å². The van der Waals surface area contributed by atoms with Crippen LogP contribution < -0.4 is 0 Å². The molecule has 0 bridgehead atoms. The van der Waals surface area contributed by atoms with Gasteiger partial charge in [-0.1, -0.05) is 59.8 Å². The lowest BCUT2D eigenvalue weighted by Crippen LogP contribution is -2.59. The number of ether oxygens (including phenoxy) is 1. The van der Waals surface area contributed by atoms with Crippen molar-refractivity contribution >= 4 is 5.97 Å². The molecule has 0 aromatic heterocycles. The van der Waals surface area contributed by atoms with Crippen LogP contribution in [0.2, 0.25) is 0 Å². The van der Waals surface area contributed by atoms with Crippen LogP contribution in [0.15, 0.2) is 0 Å². The Bertz CT molecular complexity index is 292. The number of unbranched alkanes of at least 4 members (excludes halogenated alkanes) is 4. The number of aliphatic hydroxyl groups is 1. The number of esters is 1. The van der Waals surface area contributed by atoms with E-state index < -0.39 is 11.8 Å². The summed E-state index contributed by atoms with van der Waals surface area (Å²) in [7, 11) is 3.69. The standard InChI is InChI=1S/C18H37NO3/c1-8-9-10-11-12-13-15(4)17(21)22-18(14(2)3,16(5)20)19(6)7/h14-16,20H,8-13H2,1-7H3. The minimum absolute atomic E-state index is 0.00297. The molecular weight excluding hydrogens is 278 g/mol. The number of carbonyl (C=O) groups is 1. The van der Waals surface area contributed by atoms with Crippen molar-refractivity contribution in [1.82, 2.24) is 4.90 Å². The van der Waals surface area contributed by atoms with Gasteiger partial charge in [0.15, 0.2) is 5.72 Å². The second-order valence-corrected chi connectivity index (χ2v) is 7.00. The van der Waals surface area contributed by atoms with Crippen LogP contribution in [0.25, 0.3) is 0 Å². The first-order valence-corrected chi connectivity index (χ1v) is 8.78. The van der Waals surface area contributed by atoms with Crippen molar-refractivity contribution in [2.75, 3.05) is 14.1 Å². The highest BCUT2D eigenvalue weighted by Crippen LogP contribution is 2.30. The molecule has 0 fully saturated rings. The Morgan fingerprint density at radius 3 is 2.05 bits per heavy atom. The summed E-state index contributed by atoms with van der Waals surface area (Å²) in [5.41, 5.74) is -0.965. The highest BCUT2D eigenvalue weighted by molar-refractivity contribution is 5.72. The zero-order valence-corrected chi connectivity index (χ0v) is 15.7. The van der Waals surface area contributed by atoms with E-state index in [4.69, 9.17) is 4.74 Å². The highest BCUT2D eigenvalue weighted by atomic mass is 16.6. The van der Waals surface area contributed by atoms with E-state index in [2.05, 4.69) is 6.92 Å². The second kappa shape index (κ2) is 10.2.